The maximum absolute atomic E-state index is 12.1. The van der Waals surface area contributed by atoms with Crippen LogP contribution in [0.1, 0.15) is 16.7 Å². The maximum atomic E-state index is 12.1. The monoisotopic (exact) mass is 277 g/mol. The van der Waals surface area contributed by atoms with Crippen molar-refractivity contribution in [1.82, 2.24) is 4.90 Å². The Kier molecular flexibility index (Phi) is 3.67. The molecule has 0 saturated heterocycles. The predicted octanol–water partition coefficient (Wildman–Crippen LogP) is 2.51. The number of rotatable bonds is 3. The first-order valence-corrected chi connectivity index (χ1v) is 6.84. The van der Waals surface area contributed by atoms with Crippen LogP contribution in [-0.2, 0) is 17.9 Å². The molecule has 2 aromatic rings. The first kappa shape index (κ1) is 13.3. The lowest BCUT2D eigenvalue weighted by molar-refractivity contribution is -0.117. The van der Waals surface area contributed by atoms with E-state index in [9.17, 15) is 4.79 Å². The number of nitrogens with one attached hydrogen (secondary N) is 1. The van der Waals surface area contributed by atoms with Gasteiger partial charge >= 0.3 is 0 Å². The summed E-state index contributed by atoms with van der Waals surface area (Å²) >= 11 is 0. The lowest BCUT2D eigenvalue weighted by Gasteiger charge is -2.14. The summed E-state index contributed by atoms with van der Waals surface area (Å²) in [5.74, 6) is -0.0575. The van der Waals surface area contributed by atoms with Crippen molar-refractivity contribution in [3.63, 3.8) is 0 Å². The minimum Gasteiger partial charge on any atom is -0.325 e. The summed E-state index contributed by atoms with van der Waals surface area (Å²) in [5.41, 5.74) is 3.78. The van der Waals surface area contributed by atoms with Crippen molar-refractivity contribution in [3.8, 4) is 6.07 Å². The maximum Gasteiger partial charge on any atom is 0.238 e. The summed E-state index contributed by atoms with van der Waals surface area (Å²) in [4.78, 5) is 14.2. The quantitative estimate of drug-likeness (QED) is 0.938. The van der Waals surface area contributed by atoms with Crippen molar-refractivity contribution in [2.75, 3.05) is 11.9 Å². The number of hydrogen-bond donors (Lipinski definition) is 1. The van der Waals surface area contributed by atoms with E-state index < -0.39 is 0 Å². The highest BCUT2D eigenvalue weighted by Crippen LogP contribution is 2.21. The fraction of sp³-hybridized carbons (Fsp3) is 0.176. The van der Waals surface area contributed by atoms with Crippen LogP contribution in [0.4, 0.5) is 5.69 Å². The minimum atomic E-state index is -0.0575. The van der Waals surface area contributed by atoms with Gasteiger partial charge in [-0.15, -0.1) is 0 Å². The minimum absolute atomic E-state index is 0.0575. The summed E-state index contributed by atoms with van der Waals surface area (Å²) in [6.07, 6.45) is 0. The molecule has 2 aromatic carbocycles. The molecule has 1 heterocycles. The second-order valence-electron chi connectivity index (χ2n) is 5.15. The molecule has 0 saturated carbocycles. The largest absolute Gasteiger partial charge is 0.325 e. The van der Waals surface area contributed by atoms with Crippen LogP contribution in [-0.4, -0.2) is 17.4 Å². The lowest BCUT2D eigenvalue weighted by atomic mass is 10.1. The number of fused-ring (bicyclic) bond motifs is 1. The molecular formula is C17H15N3O. The topological polar surface area (TPSA) is 56.1 Å². The molecule has 0 aromatic heterocycles. The zero-order chi connectivity index (χ0) is 14.7. The molecule has 4 heteroatoms. The van der Waals surface area contributed by atoms with E-state index in [1.165, 1.54) is 11.1 Å². The van der Waals surface area contributed by atoms with Crippen molar-refractivity contribution in [2.45, 2.75) is 13.1 Å². The first-order chi connectivity index (χ1) is 10.2. The smallest absolute Gasteiger partial charge is 0.238 e. The van der Waals surface area contributed by atoms with E-state index in [4.69, 9.17) is 5.26 Å². The summed E-state index contributed by atoms with van der Waals surface area (Å²) in [5, 5.41) is 11.7. The van der Waals surface area contributed by atoms with Crippen LogP contribution in [0.5, 0.6) is 0 Å². The van der Waals surface area contributed by atoms with E-state index >= 15 is 0 Å². The summed E-state index contributed by atoms with van der Waals surface area (Å²) in [7, 11) is 0. The van der Waals surface area contributed by atoms with Gasteiger partial charge in [0.05, 0.1) is 18.2 Å². The van der Waals surface area contributed by atoms with E-state index in [0.717, 1.165) is 13.1 Å². The van der Waals surface area contributed by atoms with Gasteiger partial charge in [0.25, 0.3) is 0 Å². The van der Waals surface area contributed by atoms with Crippen LogP contribution in [0.15, 0.2) is 48.5 Å². The Labute approximate surface area is 123 Å². The third-order valence-corrected chi connectivity index (χ3v) is 3.55. The Hall–Kier alpha value is -2.64. The third kappa shape index (κ3) is 3.10. The molecule has 0 bridgehead atoms. The van der Waals surface area contributed by atoms with E-state index in [2.05, 4.69) is 28.4 Å². The fourth-order valence-corrected chi connectivity index (χ4v) is 2.59. The van der Waals surface area contributed by atoms with E-state index in [-0.39, 0.29) is 5.91 Å². The molecule has 4 nitrogen and oxygen atoms in total. The number of nitrogens with zero attached hydrogens (tertiary/aromatic N) is 2. The average molecular weight is 277 g/mol. The number of hydrogen-bond acceptors (Lipinski definition) is 3. The fourth-order valence-electron chi connectivity index (χ4n) is 2.59. The van der Waals surface area contributed by atoms with Gasteiger partial charge in [-0.05, 0) is 29.3 Å². The number of benzene rings is 2. The number of anilines is 1. The van der Waals surface area contributed by atoms with Crippen molar-refractivity contribution in [3.05, 3.63) is 65.2 Å². The number of amides is 1. The van der Waals surface area contributed by atoms with Crippen molar-refractivity contribution >= 4 is 11.6 Å². The van der Waals surface area contributed by atoms with Gasteiger partial charge in [-0.3, -0.25) is 9.69 Å². The highest BCUT2D eigenvalue weighted by Gasteiger charge is 2.20. The van der Waals surface area contributed by atoms with Crippen LogP contribution < -0.4 is 5.32 Å². The van der Waals surface area contributed by atoms with E-state index in [1.807, 2.05) is 12.1 Å². The molecule has 3 rings (SSSR count). The second kappa shape index (κ2) is 5.78. The number of nitriles is 1. The molecule has 1 N–H and O–H groups in total. The third-order valence-electron chi connectivity index (χ3n) is 3.55. The van der Waals surface area contributed by atoms with Gasteiger partial charge in [0.1, 0.15) is 0 Å². The normalized spacial score (nSPS) is 13.5. The van der Waals surface area contributed by atoms with Gasteiger partial charge < -0.3 is 5.32 Å². The molecule has 1 amide bonds. The Morgan fingerprint density at radius 1 is 1.14 bits per heavy atom. The van der Waals surface area contributed by atoms with Crippen LogP contribution in [0.2, 0.25) is 0 Å². The highest BCUT2D eigenvalue weighted by molar-refractivity contribution is 5.92. The van der Waals surface area contributed by atoms with Gasteiger partial charge in [0, 0.05) is 18.8 Å². The average Bonchev–Trinajstić information content (AvgIpc) is 2.89. The molecule has 0 atom stereocenters. The van der Waals surface area contributed by atoms with Crippen LogP contribution in [0, 0.1) is 11.3 Å². The van der Waals surface area contributed by atoms with Crippen LogP contribution >= 0.6 is 0 Å². The Balaban J connectivity index is 1.59. The molecule has 0 radical (unpaired) electrons. The zero-order valence-corrected chi connectivity index (χ0v) is 11.5. The predicted molar refractivity (Wildman–Crippen MR) is 80.3 cm³/mol. The Morgan fingerprint density at radius 3 is 2.52 bits per heavy atom. The molecule has 0 aliphatic carbocycles. The Bertz CT molecular complexity index is 693. The summed E-state index contributed by atoms with van der Waals surface area (Å²) in [6.45, 7) is 1.97. The first-order valence-electron chi connectivity index (χ1n) is 6.84. The summed E-state index contributed by atoms with van der Waals surface area (Å²) in [6, 6.07) is 17.3. The zero-order valence-electron chi connectivity index (χ0n) is 11.5. The standard InChI is InChI=1S/C17H15N3O/c18-9-13-4-3-7-16(8-13)19-17(21)12-20-10-14-5-1-2-6-15(14)11-20/h1-8H,10-12H2,(H,19,21). The molecule has 1 aliphatic rings. The number of carbonyl (C=O) groups is 1. The van der Waals surface area contributed by atoms with Crippen LogP contribution in [0.3, 0.4) is 0 Å². The van der Waals surface area contributed by atoms with Gasteiger partial charge in [-0.2, -0.15) is 5.26 Å². The number of carbonyl (C=O) groups excluding carboxylic acids is 1. The molecule has 104 valence electrons. The van der Waals surface area contributed by atoms with Crippen molar-refractivity contribution in [2.24, 2.45) is 0 Å². The Morgan fingerprint density at radius 2 is 1.86 bits per heavy atom. The molecule has 0 fully saturated rings. The molecule has 0 spiro atoms. The van der Waals surface area contributed by atoms with Gasteiger partial charge in [0.15, 0.2) is 0 Å². The van der Waals surface area contributed by atoms with Gasteiger partial charge in [-0.25, -0.2) is 0 Å². The van der Waals surface area contributed by atoms with Gasteiger partial charge in [-0.1, -0.05) is 30.3 Å². The summed E-state index contributed by atoms with van der Waals surface area (Å²) < 4.78 is 0. The van der Waals surface area contributed by atoms with E-state index in [1.54, 1.807) is 24.3 Å². The second-order valence-corrected chi connectivity index (χ2v) is 5.15. The van der Waals surface area contributed by atoms with Crippen molar-refractivity contribution in [1.29, 1.82) is 5.26 Å². The van der Waals surface area contributed by atoms with Crippen LogP contribution in [0.25, 0.3) is 0 Å². The van der Waals surface area contributed by atoms with Crippen molar-refractivity contribution < 1.29 is 4.79 Å². The highest BCUT2D eigenvalue weighted by atomic mass is 16.2. The molecule has 0 unspecified atom stereocenters. The SMILES string of the molecule is N#Cc1cccc(NC(=O)CN2Cc3ccccc3C2)c1. The molecule has 21 heavy (non-hydrogen) atoms. The molecular weight excluding hydrogens is 262 g/mol. The van der Waals surface area contributed by atoms with Gasteiger partial charge in [0.2, 0.25) is 5.91 Å². The lowest BCUT2D eigenvalue weighted by Crippen LogP contribution is -2.29. The molecule has 1 aliphatic heterocycles. The van der Waals surface area contributed by atoms with E-state index in [0.29, 0.717) is 17.8 Å².